The van der Waals surface area contributed by atoms with Gasteiger partial charge in [0, 0.05) is 19.3 Å². The van der Waals surface area contributed by atoms with Crippen LogP contribution in [0.2, 0.25) is 0 Å². The highest BCUT2D eigenvalue weighted by Gasteiger charge is 2.54. The summed E-state index contributed by atoms with van der Waals surface area (Å²) in [4.78, 5) is 40.3. The number of aliphatic hydroxyl groups excluding tert-OH is 2. The molecule has 1 aromatic heterocycles. The molecule has 244 valence electrons. The third-order valence-electron chi connectivity index (χ3n) is 6.03. The van der Waals surface area contributed by atoms with Crippen LogP contribution in [0.3, 0.4) is 0 Å². The quantitative estimate of drug-likeness (QED) is 0.105. The molecule has 0 saturated carbocycles. The lowest BCUT2D eigenvalue weighted by molar-refractivity contribution is -0.147. The Morgan fingerprint density at radius 3 is 2.07 bits per heavy atom. The molecule has 6 N–H and O–H groups in total. The lowest BCUT2D eigenvalue weighted by Crippen LogP contribution is -2.46. The number of carbonyl (C=O) groups is 2. The molecular weight excluding hydrogens is 585 g/mol. The molecule has 2 rings (SSSR count). The number of carbonyl (C=O) groups excluding carboxylic acids is 2. The summed E-state index contributed by atoms with van der Waals surface area (Å²) in [6.45, 7) is 14.7. The van der Waals surface area contributed by atoms with Gasteiger partial charge in [0.15, 0.2) is 6.23 Å². The van der Waals surface area contributed by atoms with Gasteiger partial charge in [0.1, 0.15) is 23.6 Å². The summed E-state index contributed by atoms with van der Waals surface area (Å²) in [7, 11) is -4.03. The number of aromatic nitrogens is 2. The fraction of sp³-hybridized carbons (Fsp3) is 0.704. The smallest absolute Gasteiger partial charge is 0.351 e. The van der Waals surface area contributed by atoms with E-state index in [0.717, 1.165) is 10.6 Å². The highest BCUT2D eigenvalue weighted by Crippen LogP contribution is 2.43. The van der Waals surface area contributed by atoms with Crippen LogP contribution in [0.5, 0.6) is 0 Å². The third-order valence-corrected chi connectivity index (χ3v) is 7.80. The van der Waals surface area contributed by atoms with Crippen molar-refractivity contribution in [3.05, 3.63) is 35.4 Å². The largest absolute Gasteiger partial charge is 0.465 e. The summed E-state index contributed by atoms with van der Waals surface area (Å²) < 4.78 is 36.7. The minimum atomic E-state index is -4.03. The van der Waals surface area contributed by atoms with Crippen molar-refractivity contribution >= 4 is 25.4 Å². The van der Waals surface area contributed by atoms with E-state index < -0.39 is 55.9 Å². The molecule has 2 heterocycles. The van der Waals surface area contributed by atoms with Gasteiger partial charge in [0.05, 0.1) is 32.7 Å². The van der Waals surface area contributed by atoms with Crippen LogP contribution in [0.15, 0.2) is 29.7 Å². The van der Waals surface area contributed by atoms with Crippen molar-refractivity contribution in [3.8, 4) is 0 Å². The van der Waals surface area contributed by atoms with Crippen LogP contribution in [0.1, 0.15) is 60.6 Å². The molecule has 43 heavy (non-hydrogen) atoms. The normalized spacial score (nSPS) is 22.7. The molecule has 1 aliphatic rings. The Morgan fingerprint density at radius 2 is 1.63 bits per heavy atom. The Balaban J connectivity index is 2.14. The molecule has 0 bridgehead atoms. The fourth-order valence-corrected chi connectivity index (χ4v) is 5.18. The summed E-state index contributed by atoms with van der Waals surface area (Å²) in [6, 6.07) is 1.31. The van der Waals surface area contributed by atoms with Gasteiger partial charge in [-0.2, -0.15) is 4.98 Å². The van der Waals surface area contributed by atoms with Gasteiger partial charge in [-0.1, -0.05) is 47.6 Å². The topological polar surface area (TPSA) is 214 Å². The average Bonchev–Trinajstić information content (AvgIpc) is 3.14. The number of hydrogen-bond donors (Lipinski definition) is 5. The van der Waals surface area contributed by atoms with Crippen molar-refractivity contribution in [2.24, 2.45) is 10.8 Å². The maximum absolute atomic E-state index is 13.8. The first kappa shape index (κ1) is 36.5. The molecule has 1 aromatic rings. The maximum Gasteiger partial charge on any atom is 0.351 e. The van der Waals surface area contributed by atoms with Gasteiger partial charge in [-0.05, 0) is 16.9 Å². The minimum Gasteiger partial charge on any atom is -0.465 e. The molecular formula is C27H46N5O10P. The van der Waals surface area contributed by atoms with Crippen molar-refractivity contribution in [1.29, 1.82) is 0 Å². The Bertz CT molecular complexity index is 1190. The molecule has 1 saturated heterocycles. The number of anilines is 1. The van der Waals surface area contributed by atoms with Crippen molar-refractivity contribution in [3.63, 3.8) is 0 Å². The predicted octanol–water partition coefficient (Wildman–Crippen LogP) is 1.26. The predicted molar refractivity (Wildman–Crippen MR) is 158 cm³/mol. The van der Waals surface area contributed by atoms with Gasteiger partial charge in [-0.3, -0.25) is 18.7 Å². The molecule has 0 aliphatic carbocycles. The SMILES string of the molecule is C=C[C@]1(COP(=O)(NCCC(=O)OCC(C)(C)C)NCCC(=O)OCC(C)(C)C)O[C@@H](n2ccc(N)nc2=O)[C@H](O)[C@@H]1O. The van der Waals surface area contributed by atoms with Crippen LogP contribution in [-0.2, 0) is 32.9 Å². The molecule has 1 fully saturated rings. The minimum absolute atomic E-state index is 0.0461. The van der Waals surface area contributed by atoms with E-state index in [0.29, 0.717) is 0 Å². The molecule has 0 amide bonds. The summed E-state index contributed by atoms with van der Waals surface area (Å²) in [5.41, 5.74) is 2.42. The number of hydrogen-bond acceptors (Lipinski definition) is 12. The van der Waals surface area contributed by atoms with E-state index in [2.05, 4.69) is 21.7 Å². The van der Waals surface area contributed by atoms with Crippen molar-refractivity contribution in [1.82, 2.24) is 19.7 Å². The van der Waals surface area contributed by atoms with E-state index in [4.69, 9.17) is 24.5 Å². The molecule has 4 atom stereocenters. The van der Waals surface area contributed by atoms with Crippen LogP contribution in [0.25, 0.3) is 0 Å². The fourth-order valence-electron chi connectivity index (χ4n) is 3.68. The number of nitrogens with two attached hydrogens (primary N) is 1. The molecule has 15 nitrogen and oxygen atoms in total. The van der Waals surface area contributed by atoms with Crippen LogP contribution >= 0.6 is 7.67 Å². The highest BCUT2D eigenvalue weighted by atomic mass is 31.2. The number of esters is 2. The zero-order valence-electron chi connectivity index (χ0n) is 25.7. The van der Waals surface area contributed by atoms with Gasteiger partial charge in [0.2, 0.25) is 0 Å². The second kappa shape index (κ2) is 14.9. The molecule has 1 aliphatic heterocycles. The van der Waals surface area contributed by atoms with E-state index in [1.807, 2.05) is 41.5 Å². The van der Waals surface area contributed by atoms with Crippen LogP contribution in [-0.4, -0.2) is 82.4 Å². The molecule has 0 aromatic carbocycles. The lowest BCUT2D eigenvalue weighted by Gasteiger charge is -2.30. The van der Waals surface area contributed by atoms with Crippen molar-refractivity contribution < 1.29 is 43.1 Å². The lowest BCUT2D eigenvalue weighted by atomic mass is 9.96. The average molecular weight is 632 g/mol. The summed E-state index contributed by atoms with van der Waals surface area (Å²) in [5, 5.41) is 26.9. The summed E-state index contributed by atoms with van der Waals surface area (Å²) in [5.74, 6) is -1.09. The zero-order chi connectivity index (χ0) is 32.6. The molecule has 0 unspecified atom stereocenters. The van der Waals surface area contributed by atoms with Gasteiger partial charge < -0.3 is 34.7 Å². The third kappa shape index (κ3) is 11.4. The summed E-state index contributed by atoms with van der Waals surface area (Å²) in [6.07, 6.45) is -2.55. The first-order chi connectivity index (χ1) is 19.8. The Labute approximate surface area is 251 Å². The van der Waals surface area contributed by atoms with E-state index in [9.17, 15) is 29.2 Å². The number of aliphatic hydroxyl groups is 2. The van der Waals surface area contributed by atoms with E-state index in [-0.39, 0.29) is 55.8 Å². The van der Waals surface area contributed by atoms with E-state index in [1.54, 1.807) is 0 Å². The second-order valence-electron chi connectivity index (χ2n) is 12.7. The van der Waals surface area contributed by atoms with Crippen molar-refractivity contribution in [2.45, 2.75) is 78.4 Å². The van der Waals surface area contributed by atoms with Crippen LogP contribution in [0, 0.1) is 10.8 Å². The highest BCUT2D eigenvalue weighted by molar-refractivity contribution is 7.54. The Hall–Kier alpha value is -2.65. The zero-order valence-corrected chi connectivity index (χ0v) is 26.6. The first-order valence-electron chi connectivity index (χ1n) is 13.9. The number of nitrogens with zero attached hydrogens (tertiary/aromatic N) is 2. The van der Waals surface area contributed by atoms with Gasteiger partial charge in [0.25, 0.3) is 0 Å². The van der Waals surface area contributed by atoms with Crippen LogP contribution in [0.4, 0.5) is 5.82 Å². The molecule has 16 heteroatoms. The second-order valence-corrected chi connectivity index (χ2v) is 14.7. The number of ether oxygens (including phenoxy) is 3. The Morgan fingerprint density at radius 1 is 1.12 bits per heavy atom. The molecule has 0 radical (unpaired) electrons. The van der Waals surface area contributed by atoms with Gasteiger partial charge >= 0.3 is 25.3 Å². The Kier molecular flexibility index (Phi) is 12.7. The number of nitrogen functional groups attached to an aromatic ring is 1. The molecule has 0 spiro atoms. The standard InChI is InChI=1S/C27H46N5O10P/c1-8-27(22(36)21(35)23(42-27)32-14-11-18(28)31-24(32)37)17-41-43(38,29-12-9-19(33)39-15-25(2,3)4)30-13-10-20(34)40-16-26(5,6)7/h8,11,14,21-23,35-36H,1,9-10,12-13,15-17H2,2-7H3,(H2,28,31,37)(H2,29,30,38)/t21-,22+,23-,27-/m1/s1. The van der Waals surface area contributed by atoms with Gasteiger partial charge in [-0.25, -0.2) is 15.0 Å². The monoisotopic (exact) mass is 631 g/mol. The van der Waals surface area contributed by atoms with Crippen LogP contribution < -0.4 is 21.6 Å². The summed E-state index contributed by atoms with van der Waals surface area (Å²) >= 11 is 0. The number of rotatable bonds is 15. The number of nitrogens with one attached hydrogen (secondary N) is 2. The first-order valence-corrected chi connectivity index (χ1v) is 15.5. The van der Waals surface area contributed by atoms with E-state index >= 15 is 0 Å². The van der Waals surface area contributed by atoms with Gasteiger partial charge in [-0.15, -0.1) is 6.58 Å². The van der Waals surface area contributed by atoms with E-state index in [1.165, 1.54) is 12.3 Å². The van der Waals surface area contributed by atoms with Crippen molar-refractivity contribution in [2.75, 3.05) is 38.6 Å². The maximum atomic E-state index is 13.8.